The Bertz CT molecular complexity index is 441. The van der Waals surface area contributed by atoms with Crippen molar-refractivity contribution in [2.45, 2.75) is 19.3 Å². The third kappa shape index (κ3) is 3.55. The van der Waals surface area contributed by atoms with Gasteiger partial charge in [-0.05, 0) is 41.3 Å². The molecule has 0 atom stereocenters. The van der Waals surface area contributed by atoms with E-state index in [4.69, 9.17) is 0 Å². The van der Waals surface area contributed by atoms with Crippen molar-refractivity contribution in [2.75, 3.05) is 19.6 Å². The predicted octanol–water partition coefficient (Wildman–Crippen LogP) is 2.25. The lowest BCUT2D eigenvalue weighted by molar-refractivity contribution is -0.130. The zero-order valence-electron chi connectivity index (χ0n) is 9.95. The molecular formula is C12H15BrN2O2S. The van der Waals surface area contributed by atoms with E-state index in [9.17, 15) is 9.59 Å². The number of amides is 2. The summed E-state index contributed by atoms with van der Waals surface area (Å²) < 4.78 is 0.912. The predicted molar refractivity (Wildman–Crippen MR) is 74.8 cm³/mol. The molecule has 0 saturated carbocycles. The molecule has 0 unspecified atom stereocenters. The van der Waals surface area contributed by atoms with Crippen molar-refractivity contribution in [2.24, 2.45) is 0 Å². The molecule has 0 bridgehead atoms. The minimum Gasteiger partial charge on any atom is -0.343 e. The summed E-state index contributed by atoms with van der Waals surface area (Å²) in [5.74, 6) is -0.181. The Morgan fingerprint density at radius 2 is 2.06 bits per heavy atom. The van der Waals surface area contributed by atoms with Crippen LogP contribution in [0, 0.1) is 0 Å². The number of halogens is 1. The molecule has 1 aromatic rings. The molecular weight excluding hydrogens is 316 g/mol. The van der Waals surface area contributed by atoms with E-state index in [0.29, 0.717) is 5.56 Å². The fourth-order valence-corrected chi connectivity index (χ4v) is 3.08. The molecule has 98 valence electrons. The summed E-state index contributed by atoms with van der Waals surface area (Å²) in [6, 6.07) is 1.76. The smallest absolute Gasteiger partial charge is 0.252 e. The number of thiophene rings is 1. The van der Waals surface area contributed by atoms with Gasteiger partial charge < -0.3 is 10.2 Å². The summed E-state index contributed by atoms with van der Waals surface area (Å²) in [4.78, 5) is 25.4. The van der Waals surface area contributed by atoms with E-state index in [1.165, 1.54) is 17.8 Å². The Kier molecular flexibility index (Phi) is 4.77. The van der Waals surface area contributed by atoms with Crippen molar-refractivity contribution < 1.29 is 9.59 Å². The molecule has 1 aromatic heterocycles. The largest absolute Gasteiger partial charge is 0.343 e. The highest BCUT2D eigenvalue weighted by molar-refractivity contribution is 9.11. The normalized spacial score (nSPS) is 15.5. The fourth-order valence-electron chi connectivity index (χ4n) is 1.94. The van der Waals surface area contributed by atoms with E-state index >= 15 is 0 Å². The fraction of sp³-hybridized carbons (Fsp3) is 0.500. The first-order valence-electron chi connectivity index (χ1n) is 5.97. The average molecular weight is 331 g/mol. The molecule has 1 aliphatic rings. The van der Waals surface area contributed by atoms with Gasteiger partial charge in [-0.25, -0.2) is 0 Å². The minimum atomic E-state index is -0.192. The topological polar surface area (TPSA) is 49.4 Å². The summed E-state index contributed by atoms with van der Waals surface area (Å²) in [6.45, 7) is 1.73. The number of hydrogen-bond acceptors (Lipinski definition) is 3. The van der Waals surface area contributed by atoms with Gasteiger partial charge in [-0.1, -0.05) is 0 Å². The lowest BCUT2D eigenvalue weighted by Crippen LogP contribution is -2.42. The van der Waals surface area contributed by atoms with Gasteiger partial charge in [0.15, 0.2) is 0 Å². The number of piperidine rings is 1. The van der Waals surface area contributed by atoms with E-state index in [1.807, 2.05) is 4.90 Å². The third-order valence-electron chi connectivity index (χ3n) is 2.94. The quantitative estimate of drug-likeness (QED) is 0.924. The summed E-state index contributed by atoms with van der Waals surface area (Å²) in [6.07, 6.45) is 3.33. The van der Waals surface area contributed by atoms with E-state index in [2.05, 4.69) is 21.2 Å². The monoisotopic (exact) mass is 330 g/mol. The van der Waals surface area contributed by atoms with Crippen LogP contribution in [0.2, 0.25) is 0 Å². The number of carbonyl (C=O) groups is 2. The highest BCUT2D eigenvalue weighted by atomic mass is 79.9. The van der Waals surface area contributed by atoms with Crippen molar-refractivity contribution in [3.8, 4) is 0 Å². The van der Waals surface area contributed by atoms with Crippen LogP contribution in [0.1, 0.15) is 29.6 Å². The maximum Gasteiger partial charge on any atom is 0.252 e. The Morgan fingerprint density at radius 1 is 1.33 bits per heavy atom. The standard InChI is InChI=1S/C12H15BrN2O2S/c13-10-6-9(8-18-10)12(17)14-7-11(16)15-4-2-1-3-5-15/h6,8H,1-5,7H2,(H,14,17). The zero-order chi connectivity index (χ0) is 13.0. The summed E-state index contributed by atoms with van der Waals surface area (Å²) in [5.41, 5.74) is 0.596. The zero-order valence-corrected chi connectivity index (χ0v) is 12.3. The van der Waals surface area contributed by atoms with E-state index < -0.39 is 0 Å². The number of nitrogens with one attached hydrogen (secondary N) is 1. The molecule has 6 heteroatoms. The van der Waals surface area contributed by atoms with Crippen LogP contribution in [0.4, 0.5) is 0 Å². The Hall–Kier alpha value is -0.880. The lowest BCUT2D eigenvalue weighted by atomic mass is 10.1. The van der Waals surface area contributed by atoms with Gasteiger partial charge >= 0.3 is 0 Å². The first-order chi connectivity index (χ1) is 8.66. The molecule has 2 rings (SSSR count). The summed E-state index contributed by atoms with van der Waals surface area (Å²) in [7, 11) is 0. The number of carbonyl (C=O) groups excluding carboxylic acids is 2. The Balaban J connectivity index is 1.80. The molecule has 18 heavy (non-hydrogen) atoms. The van der Waals surface area contributed by atoms with E-state index in [1.54, 1.807) is 11.4 Å². The van der Waals surface area contributed by atoms with Crippen LogP contribution in [0.15, 0.2) is 15.2 Å². The number of nitrogens with zero attached hydrogens (tertiary/aromatic N) is 1. The second-order valence-electron chi connectivity index (χ2n) is 4.26. The number of likely N-dealkylation sites (tertiary alicyclic amines) is 1. The van der Waals surface area contributed by atoms with Gasteiger partial charge in [0.25, 0.3) is 5.91 Å². The molecule has 1 fully saturated rings. The Morgan fingerprint density at radius 3 is 2.67 bits per heavy atom. The van der Waals surface area contributed by atoms with E-state index in [-0.39, 0.29) is 18.4 Å². The molecule has 0 spiro atoms. The average Bonchev–Trinajstić information content (AvgIpc) is 2.83. The van der Waals surface area contributed by atoms with Crippen LogP contribution >= 0.6 is 27.3 Å². The number of rotatable bonds is 3. The van der Waals surface area contributed by atoms with Crippen molar-refractivity contribution in [3.05, 3.63) is 20.8 Å². The molecule has 0 radical (unpaired) electrons. The van der Waals surface area contributed by atoms with Crippen LogP contribution in [0.3, 0.4) is 0 Å². The van der Waals surface area contributed by atoms with Gasteiger partial charge in [0.2, 0.25) is 5.91 Å². The van der Waals surface area contributed by atoms with E-state index in [0.717, 1.165) is 29.7 Å². The van der Waals surface area contributed by atoms with Crippen molar-refractivity contribution >= 4 is 39.1 Å². The van der Waals surface area contributed by atoms with Gasteiger partial charge in [0.1, 0.15) is 0 Å². The molecule has 0 aromatic carbocycles. The van der Waals surface area contributed by atoms with Crippen LogP contribution < -0.4 is 5.32 Å². The van der Waals surface area contributed by atoms with Crippen molar-refractivity contribution in [3.63, 3.8) is 0 Å². The van der Waals surface area contributed by atoms with Gasteiger partial charge in [-0.2, -0.15) is 0 Å². The first kappa shape index (κ1) is 13.5. The third-order valence-corrected chi connectivity index (χ3v) is 4.44. The van der Waals surface area contributed by atoms with Gasteiger partial charge in [0, 0.05) is 18.5 Å². The van der Waals surface area contributed by atoms with Crippen LogP contribution in [-0.2, 0) is 4.79 Å². The molecule has 1 saturated heterocycles. The SMILES string of the molecule is O=C(NCC(=O)N1CCCCC1)c1csc(Br)c1. The number of hydrogen-bond donors (Lipinski definition) is 1. The van der Waals surface area contributed by atoms with Crippen LogP contribution in [-0.4, -0.2) is 36.3 Å². The maximum atomic E-state index is 11.8. The summed E-state index contributed by atoms with van der Waals surface area (Å²) in [5, 5.41) is 4.43. The van der Waals surface area contributed by atoms with Gasteiger partial charge in [-0.15, -0.1) is 11.3 Å². The van der Waals surface area contributed by atoms with Gasteiger partial charge in [0.05, 0.1) is 15.9 Å². The second-order valence-corrected chi connectivity index (χ2v) is 6.55. The minimum absolute atomic E-state index is 0.0114. The molecule has 2 amide bonds. The van der Waals surface area contributed by atoms with Gasteiger partial charge in [-0.3, -0.25) is 9.59 Å². The first-order valence-corrected chi connectivity index (χ1v) is 7.64. The van der Waals surface area contributed by atoms with Crippen molar-refractivity contribution in [1.29, 1.82) is 0 Å². The lowest BCUT2D eigenvalue weighted by Gasteiger charge is -2.26. The molecule has 4 nitrogen and oxygen atoms in total. The molecule has 0 aliphatic carbocycles. The summed E-state index contributed by atoms with van der Waals surface area (Å²) >= 11 is 4.76. The second kappa shape index (κ2) is 6.33. The molecule has 1 N–H and O–H groups in total. The maximum absolute atomic E-state index is 11.8. The van der Waals surface area contributed by atoms with Crippen LogP contribution in [0.25, 0.3) is 0 Å². The Labute approximate surface area is 118 Å². The van der Waals surface area contributed by atoms with Crippen LogP contribution in [0.5, 0.6) is 0 Å². The molecule has 2 heterocycles. The highest BCUT2D eigenvalue weighted by Gasteiger charge is 2.17. The van der Waals surface area contributed by atoms with Crippen molar-refractivity contribution in [1.82, 2.24) is 10.2 Å². The highest BCUT2D eigenvalue weighted by Crippen LogP contribution is 2.20. The molecule has 1 aliphatic heterocycles.